The Labute approximate surface area is 131 Å². The van der Waals surface area contributed by atoms with Crippen LogP contribution in [0.25, 0.3) is 0 Å². The van der Waals surface area contributed by atoms with Crippen molar-refractivity contribution < 1.29 is 4.79 Å². The van der Waals surface area contributed by atoms with E-state index in [1.807, 2.05) is 35.9 Å². The number of nitrogens with zero attached hydrogens (tertiary/aromatic N) is 2. The maximum atomic E-state index is 12.5. The highest BCUT2D eigenvalue weighted by molar-refractivity contribution is 9.10. The van der Waals surface area contributed by atoms with E-state index in [-0.39, 0.29) is 5.91 Å². The monoisotopic (exact) mass is 343 g/mol. The predicted molar refractivity (Wildman–Crippen MR) is 84.3 cm³/mol. The summed E-state index contributed by atoms with van der Waals surface area (Å²) in [7, 11) is 0. The molecule has 106 valence electrons. The van der Waals surface area contributed by atoms with Crippen molar-refractivity contribution in [3.8, 4) is 6.07 Å². The molecule has 1 saturated carbocycles. The minimum atomic E-state index is -0.185. The number of rotatable bonds is 3. The van der Waals surface area contributed by atoms with Gasteiger partial charge in [0.1, 0.15) is 11.8 Å². The van der Waals surface area contributed by atoms with Crippen LogP contribution in [0.15, 0.2) is 34.9 Å². The summed E-state index contributed by atoms with van der Waals surface area (Å²) in [6.07, 6.45) is 4.15. The molecule has 0 spiro atoms. The van der Waals surface area contributed by atoms with Gasteiger partial charge in [0, 0.05) is 16.7 Å². The maximum Gasteiger partial charge on any atom is 0.272 e. The van der Waals surface area contributed by atoms with Gasteiger partial charge in [-0.1, -0.05) is 12.1 Å². The van der Waals surface area contributed by atoms with Crippen LogP contribution < -0.4 is 5.32 Å². The second-order valence-electron chi connectivity index (χ2n) is 5.25. The van der Waals surface area contributed by atoms with Crippen LogP contribution in [-0.2, 0) is 0 Å². The molecule has 21 heavy (non-hydrogen) atoms. The number of benzene rings is 1. The van der Waals surface area contributed by atoms with Gasteiger partial charge in [-0.05, 0) is 53.4 Å². The van der Waals surface area contributed by atoms with Crippen LogP contribution in [-0.4, -0.2) is 10.5 Å². The van der Waals surface area contributed by atoms with Gasteiger partial charge in [-0.2, -0.15) is 5.26 Å². The number of nitriles is 1. The van der Waals surface area contributed by atoms with Crippen molar-refractivity contribution in [1.29, 1.82) is 5.26 Å². The first-order valence-corrected chi connectivity index (χ1v) is 7.58. The van der Waals surface area contributed by atoms with Gasteiger partial charge in [-0.25, -0.2) is 0 Å². The van der Waals surface area contributed by atoms with Gasteiger partial charge in [0.2, 0.25) is 0 Å². The van der Waals surface area contributed by atoms with Crippen LogP contribution in [0, 0.1) is 18.3 Å². The molecule has 5 heteroatoms. The molecule has 1 amide bonds. The Bertz CT molecular complexity index is 753. The van der Waals surface area contributed by atoms with Crippen LogP contribution in [0.5, 0.6) is 0 Å². The molecule has 0 aliphatic heterocycles. The van der Waals surface area contributed by atoms with E-state index in [0.29, 0.717) is 23.0 Å². The predicted octanol–water partition coefficient (Wildman–Crippen LogP) is 4.02. The van der Waals surface area contributed by atoms with E-state index in [9.17, 15) is 10.1 Å². The van der Waals surface area contributed by atoms with Crippen LogP contribution >= 0.6 is 15.9 Å². The molecular formula is C16H14BrN3O. The molecule has 1 aromatic heterocycles. The number of carbonyl (C=O) groups is 1. The summed E-state index contributed by atoms with van der Waals surface area (Å²) in [6, 6.07) is 9.83. The summed E-state index contributed by atoms with van der Waals surface area (Å²) >= 11 is 3.42. The van der Waals surface area contributed by atoms with E-state index in [1.54, 1.807) is 6.07 Å². The highest BCUT2D eigenvalue weighted by Gasteiger charge is 2.28. The molecular weight excluding hydrogens is 330 g/mol. The average molecular weight is 344 g/mol. The molecule has 0 unspecified atom stereocenters. The van der Waals surface area contributed by atoms with Crippen LogP contribution in [0.3, 0.4) is 0 Å². The molecule has 0 atom stereocenters. The fraction of sp³-hybridized carbons (Fsp3) is 0.250. The SMILES string of the molecule is Cc1cccc(NC(=O)c2cc(Br)cn2C2CC2)c1C#N. The number of hydrogen-bond donors (Lipinski definition) is 1. The van der Waals surface area contributed by atoms with E-state index in [1.165, 1.54) is 0 Å². The number of carbonyl (C=O) groups excluding carboxylic acids is 1. The summed E-state index contributed by atoms with van der Waals surface area (Å²) < 4.78 is 2.89. The van der Waals surface area contributed by atoms with Crippen molar-refractivity contribution in [3.05, 3.63) is 51.8 Å². The zero-order valence-corrected chi connectivity index (χ0v) is 13.1. The molecule has 1 aromatic carbocycles. The largest absolute Gasteiger partial charge is 0.339 e. The summed E-state index contributed by atoms with van der Waals surface area (Å²) in [5.74, 6) is -0.185. The van der Waals surface area contributed by atoms with E-state index >= 15 is 0 Å². The fourth-order valence-corrected chi connectivity index (χ4v) is 2.83. The van der Waals surface area contributed by atoms with Gasteiger partial charge in [0.15, 0.2) is 0 Å². The number of nitrogens with one attached hydrogen (secondary N) is 1. The molecule has 0 saturated heterocycles. The topological polar surface area (TPSA) is 57.8 Å². The lowest BCUT2D eigenvalue weighted by Crippen LogP contribution is -2.17. The fourth-order valence-electron chi connectivity index (χ4n) is 2.39. The van der Waals surface area contributed by atoms with Crippen LogP contribution in [0.4, 0.5) is 5.69 Å². The van der Waals surface area contributed by atoms with Gasteiger partial charge >= 0.3 is 0 Å². The lowest BCUT2D eigenvalue weighted by Gasteiger charge is -2.10. The van der Waals surface area contributed by atoms with Gasteiger partial charge in [-0.15, -0.1) is 0 Å². The zero-order chi connectivity index (χ0) is 15.0. The van der Waals surface area contributed by atoms with Gasteiger partial charge < -0.3 is 9.88 Å². The van der Waals surface area contributed by atoms with E-state index in [0.717, 1.165) is 22.9 Å². The zero-order valence-electron chi connectivity index (χ0n) is 11.6. The molecule has 1 fully saturated rings. The van der Waals surface area contributed by atoms with Crippen molar-refractivity contribution in [3.63, 3.8) is 0 Å². The van der Waals surface area contributed by atoms with E-state index in [4.69, 9.17) is 0 Å². The molecule has 4 nitrogen and oxygen atoms in total. The molecule has 1 N–H and O–H groups in total. The Morgan fingerprint density at radius 3 is 2.90 bits per heavy atom. The van der Waals surface area contributed by atoms with Gasteiger partial charge in [0.05, 0.1) is 11.3 Å². The Hall–Kier alpha value is -2.06. The lowest BCUT2D eigenvalue weighted by molar-refractivity contribution is 0.101. The third-order valence-electron chi connectivity index (χ3n) is 3.62. The Kier molecular flexibility index (Phi) is 3.56. The first kappa shape index (κ1) is 13.9. The van der Waals surface area contributed by atoms with E-state index in [2.05, 4.69) is 27.3 Å². The minimum Gasteiger partial charge on any atom is -0.339 e. The standard InChI is InChI=1S/C16H14BrN3O/c1-10-3-2-4-14(13(10)8-18)19-16(21)15-7-11(17)9-20(15)12-5-6-12/h2-4,7,9,12H,5-6H2,1H3,(H,19,21). The first-order chi connectivity index (χ1) is 10.1. The van der Waals surface area contributed by atoms with Crippen molar-refractivity contribution in [2.24, 2.45) is 0 Å². The third-order valence-corrected chi connectivity index (χ3v) is 4.05. The Morgan fingerprint density at radius 1 is 1.48 bits per heavy atom. The normalized spacial score (nSPS) is 13.8. The van der Waals surface area contributed by atoms with Crippen LogP contribution in [0.1, 0.15) is 40.5 Å². The number of hydrogen-bond acceptors (Lipinski definition) is 2. The second kappa shape index (κ2) is 5.38. The average Bonchev–Trinajstić information content (AvgIpc) is 3.21. The van der Waals surface area contributed by atoms with Crippen molar-refractivity contribution >= 4 is 27.5 Å². The van der Waals surface area contributed by atoms with Gasteiger partial charge in [0.25, 0.3) is 5.91 Å². The number of anilines is 1. The highest BCUT2D eigenvalue weighted by Crippen LogP contribution is 2.37. The second-order valence-corrected chi connectivity index (χ2v) is 6.16. The Balaban J connectivity index is 1.91. The van der Waals surface area contributed by atoms with Gasteiger partial charge in [-0.3, -0.25) is 4.79 Å². The molecule has 1 aliphatic rings. The van der Waals surface area contributed by atoms with Crippen molar-refractivity contribution in [2.75, 3.05) is 5.32 Å². The van der Waals surface area contributed by atoms with E-state index < -0.39 is 0 Å². The van der Waals surface area contributed by atoms with Crippen molar-refractivity contribution in [1.82, 2.24) is 4.57 Å². The van der Waals surface area contributed by atoms with Crippen LogP contribution in [0.2, 0.25) is 0 Å². The maximum absolute atomic E-state index is 12.5. The number of aryl methyl sites for hydroxylation is 1. The third kappa shape index (κ3) is 2.72. The molecule has 1 aliphatic carbocycles. The summed E-state index contributed by atoms with van der Waals surface area (Å²) in [6.45, 7) is 1.86. The lowest BCUT2D eigenvalue weighted by atomic mass is 10.1. The van der Waals surface area contributed by atoms with Crippen molar-refractivity contribution in [2.45, 2.75) is 25.8 Å². The molecule has 2 aromatic rings. The minimum absolute atomic E-state index is 0.185. The molecule has 3 rings (SSSR count). The summed E-state index contributed by atoms with van der Waals surface area (Å²) in [5, 5.41) is 12.1. The Morgan fingerprint density at radius 2 is 2.24 bits per heavy atom. The molecule has 0 radical (unpaired) electrons. The molecule has 1 heterocycles. The number of aromatic nitrogens is 1. The molecule has 0 bridgehead atoms. The quantitative estimate of drug-likeness (QED) is 0.914. The number of amides is 1. The smallest absolute Gasteiger partial charge is 0.272 e. The summed E-state index contributed by atoms with van der Waals surface area (Å²) in [4.78, 5) is 12.5. The number of halogens is 1. The summed E-state index contributed by atoms with van der Waals surface area (Å²) in [5.41, 5.74) is 2.54. The first-order valence-electron chi connectivity index (χ1n) is 6.78. The highest BCUT2D eigenvalue weighted by atomic mass is 79.9.